The molecule has 0 spiro atoms. The Bertz CT molecular complexity index is 906. The van der Waals surface area contributed by atoms with Crippen molar-refractivity contribution < 1.29 is 0 Å². The van der Waals surface area contributed by atoms with E-state index in [9.17, 15) is 0 Å². The molecule has 0 aliphatic heterocycles. The van der Waals surface area contributed by atoms with Crippen molar-refractivity contribution in [3.05, 3.63) is 101 Å². The van der Waals surface area contributed by atoms with E-state index in [1.54, 1.807) is 23.5 Å². The molecule has 0 aliphatic carbocycles. The number of nitrogens with zero attached hydrogens (tertiary/aromatic N) is 1. The van der Waals surface area contributed by atoms with Crippen LogP contribution in [0.25, 0.3) is 0 Å². The summed E-state index contributed by atoms with van der Waals surface area (Å²) in [5.41, 5.74) is 2.06. The van der Waals surface area contributed by atoms with Gasteiger partial charge in [-0.25, -0.2) is 4.99 Å². The number of aliphatic imine (C=N–C) groups is 1. The van der Waals surface area contributed by atoms with Crippen molar-refractivity contribution in [2.45, 2.75) is 16.7 Å². The molecule has 26 heavy (non-hydrogen) atoms. The van der Waals surface area contributed by atoms with Gasteiger partial charge in [-0.05, 0) is 60.4 Å². The maximum absolute atomic E-state index is 6.14. The molecule has 0 atom stereocenters. The minimum absolute atomic E-state index is 0.731. The fourth-order valence-electron chi connectivity index (χ4n) is 2.16. The maximum Gasteiger partial charge on any atom is 0.105 e. The summed E-state index contributed by atoms with van der Waals surface area (Å²) in [4.78, 5) is 7.13. The fraction of sp³-hybridized carbons (Fsp3) is 0.0455. The van der Waals surface area contributed by atoms with E-state index in [1.807, 2.05) is 66.7 Å². The van der Waals surface area contributed by atoms with Gasteiger partial charge in [-0.1, -0.05) is 77.6 Å². The van der Waals surface area contributed by atoms with E-state index in [4.69, 9.17) is 16.6 Å². The lowest BCUT2D eigenvalue weighted by Crippen LogP contribution is -1.94. The van der Waals surface area contributed by atoms with Gasteiger partial charge in [-0.3, -0.25) is 0 Å². The molecule has 4 heteroatoms. The minimum atomic E-state index is 0.731. The van der Waals surface area contributed by atoms with Crippen molar-refractivity contribution in [2.75, 3.05) is 0 Å². The zero-order chi connectivity index (χ0) is 18.2. The SMILES string of the molecule is C/C(=C\Sc1ccccc1)C(=Nc1ccccc1)Sc1cccc(Cl)c1. The van der Waals surface area contributed by atoms with E-state index in [1.165, 1.54) is 4.90 Å². The number of benzene rings is 3. The van der Waals surface area contributed by atoms with Crippen LogP contribution in [0.5, 0.6) is 0 Å². The quantitative estimate of drug-likeness (QED) is 0.247. The third kappa shape index (κ3) is 5.80. The van der Waals surface area contributed by atoms with E-state index in [0.29, 0.717) is 0 Å². The molecule has 130 valence electrons. The average Bonchev–Trinajstić information content (AvgIpc) is 2.67. The number of hydrogen-bond donors (Lipinski definition) is 0. The molecule has 0 heterocycles. The zero-order valence-electron chi connectivity index (χ0n) is 14.3. The van der Waals surface area contributed by atoms with Crippen LogP contribution in [0, 0.1) is 0 Å². The van der Waals surface area contributed by atoms with Crippen LogP contribution in [-0.2, 0) is 0 Å². The number of halogens is 1. The number of hydrogen-bond acceptors (Lipinski definition) is 3. The first-order valence-corrected chi connectivity index (χ1v) is 10.2. The summed E-state index contributed by atoms with van der Waals surface area (Å²) >= 11 is 9.46. The highest BCUT2D eigenvalue weighted by Crippen LogP contribution is 2.30. The van der Waals surface area contributed by atoms with Gasteiger partial charge in [0.15, 0.2) is 0 Å². The van der Waals surface area contributed by atoms with Crippen molar-refractivity contribution in [3.8, 4) is 0 Å². The van der Waals surface area contributed by atoms with E-state index < -0.39 is 0 Å². The van der Waals surface area contributed by atoms with Gasteiger partial charge in [0.25, 0.3) is 0 Å². The molecular weight excluding hydrogens is 378 g/mol. The van der Waals surface area contributed by atoms with Crippen molar-refractivity contribution >= 4 is 45.9 Å². The van der Waals surface area contributed by atoms with Crippen molar-refractivity contribution in [1.29, 1.82) is 0 Å². The summed E-state index contributed by atoms with van der Waals surface area (Å²) in [6.45, 7) is 2.09. The largest absolute Gasteiger partial charge is 0.241 e. The normalized spacial score (nSPS) is 12.2. The summed E-state index contributed by atoms with van der Waals surface area (Å²) < 4.78 is 0. The Morgan fingerprint density at radius 2 is 1.50 bits per heavy atom. The molecule has 0 fully saturated rings. The Morgan fingerprint density at radius 1 is 0.846 bits per heavy atom. The van der Waals surface area contributed by atoms with Gasteiger partial charge in [-0.15, -0.1) is 0 Å². The molecular formula is C22H18ClNS2. The Hall–Kier alpha value is -1.94. The average molecular weight is 396 g/mol. The summed E-state index contributed by atoms with van der Waals surface area (Å²) in [6, 6.07) is 28.2. The molecule has 0 saturated carbocycles. The molecule has 0 amide bonds. The van der Waals surface area contributed by atoms with Gasteiger partial charge in [0, 0.05) is 14.8 Å². The van der Waals surface area contributed by atoms with E-state index in [0.717, 1.165) is 26.2 Å². The van der Waals surface area contributed by atoms with Gasteiger partial charge in [0.05, 0.1) is 5.69 Å². The lowest BCUT2D eigenvalue weighted by Gasteiger charge is -2.08. The summed E-state index contributed by atoms with van der Waals surface area (Å²) in [6.07, 6.45) is 0. The van der Waals surface area contributed by atoms with Crippen LogP contribution < -0.4 is 0 Å². The summed E-state index contributed by atoms with van der Waals surface area (Å²) in [5.74, 6) is 0. The molecule has 0 bridgehead atoms. The topological polar surface area (TPSA) is 12.4 Å². The number of para-hydroxylation sites is 1. The van der Waals surface area contributed by atoms with Gasteiger partial charge in [0.2, 0.25) is 0 Å². The highest BCUT2D eigenvalue weighted by Gasteiger charge is 2.07. The van der Waals surface area contributed by atoms with E-state index in [-0.39, 0.29) is 0 Å². The van der Waals surface area contributed by atoms with Gasteiger partial charge in [0.1, 0.15) is 5.04 Å². The first-order valence-electron chi connectivity index (χ1n) is 8.17. The molecule has 0 radical (unpaired) electrons. The molecule has 3 rings (SSSR count). The predicted molar refractivity (Wildman–Crippen MR) is 117 cm³/mol. The van der Waals surface area contributed by atoms with Crippen molar-refractivity contribution in [1.82, 2.24) is 0 Å². The van der Waals surface area contributed by atoms with Crippen LogP contribution in [0.4, 0.5) is 5.69 Å². The standard InChI is InChI=1S/C22H18ClNS2/c1-17(16-25-20-12-6-3-7-13-20)22(24-19-10-4-2-5-11-19)26-21-14-8-9-18(23)15-21/h2-16H,1H3/b17-16+,24-22?. The second-order valence-electron chi connectivity index (χ2n) is 5.54. The van der Waals surface area contributed by atoms with E-state index >= 15 is 0 Å². The Labute approximate surface area is 168 Å². The van der Waals surface area contributed by atoms with Crippen molar-refractivity contribution in [3.63, 3.8) is 0 Å². The lowest BCUT2D eigenvalue weighted by molar-refractivity contribution is 1.46. The maximum atomic E-state index is 6.14. The van der Waals surface area contributed by atoms with Gasteiger partial charge >= 0.3 is 0 Å². The van der Waals surface area contributed by atoms with Gasteiger partial charge < -0.3 is 0 Å². The molecule has 0 N–H and O–H groups in total. The zero-order valence-corrected chi connectivity index (χ0v) is 16.7. The van der Waals surface area contributed by atoms with Crippen LogP contribution in [0.15, 0.2) is 111 Å². The second-order valence-corrected chi connectivity index (χ2v) is 7.99. The van der Waals surface area contributed by atoms with Crippen LogP contribution in [-0.4, -0.2) is 5.04 Å². The summed E-state index contributed by atoms with van der Waals surface area (Å²) in [5, 5.41) is 3.84. The Balaban J connectivity index is 1.88. The monoisotopic (exact) mass is 395 g/mol. The lowest BCUT2D eigenvalue weighted by atomic mass is 10.3. The molecule has 3 aromatic rings. The molecule has 0 aliphatic rings. The van der Waals surface area contributed by atoms with Crippen LogP contribution in [0.3, 0.4) is 0 Å². The first-order chi connectivity index (χ1) is 12.7. The van der Waals surface area contributed by atoms with E-state index in [2.05, 4.69) is 30.5 Å². The third-order valence-electron chi connectivity index (χ3n) is 3.45. The molecule has 1 nitrogen and oxygen atoms in total. The highest BCUT2D eigenvalue weighted by molar-refractivity contribution is 8.14. The smallest absolute Gasteiger partial charge is 0.105 e. The highest BCUT2D eigenvalue weighted by atomic mass is 35.5. The first kappa shape index (κ1) is 18.8. The minimum Gasteiger partial charge on any atom is -0.241 e. The summed E-state index contributed by atoms with van der Waals surface area (Å²) in [7, 11) is 0. The van der Waals surface area contributed by atoms with Crippen LogP contribution in [0.2, 0.25) is 5.02 Å². The molecule has 0 aromatic heterocycles. The second kappa shape index (κ2) is 9.67. The predicted octanol–water partition coefficient (Wildman–Crippen LogP) is 7.86. The van der Waals surface area contributed by atoms with Crippen molar-refractivity contribution in [2.24, 2.45) is 4.99 Å². The van der Waals surface area contributed by atoms with Crippen LogP contribution >= 0.6 is 35.1 Å². The number of thioether (sulfide) groups is 2. The number of rotatable bonds is 5. The van der Waals surface area contributed by atoms with Crippen LogP contribution in [0.1, 0.15) is 6.92 Å². The van der Waals surface area contributed by atoms with Gasteiger partial charge in [-0.2, -0.15) is 0 Å². The molecule has 0 unspecified atom stereocenters. The fourth-order valence-corrected chi connectivity index (χ4v) is 4.15. The molecule has 3 aromatic carbocycles. The molecule has 0 saturated heterocycles. The third-order valence-corrected chi connectivity index (χ3v) is 5.80. The Morgan fingerprint density at radius 3 is 2.19 bits per heavy atom. The Kier molecular flexibility index (Phi) is 7.01.